The molecule has 0 aliphatic heterocycles. The first kappa shape index (κ1) is 47.4. The van der Waals surface area contributed by atoms with E-state index < -0.39 is 89.6 Å². The second-order valence-electron chi connectivity index (χ2n) is 15.0. The Balaban J connectivity index is 1.58. The molecule has 2 aliphatic rings. The third-order valence-electron chi connectivity index (χ3n) is 11.2. The molecular formula is C42H38F6N6O8S2. The van der Waals surface area contributed by atoms with Crippen LogP contribution in [0.3, 0.4) is 0 Å². The van der Waals surface area contributed by atoms with Gasteiger partial charge in [0.05, 0.1) is 22.8 Å². The van der Waals surface area contributed by atoms with Gasteiger partial charge in [0.25, 0.3) is 20.2 Å². The van der Waals surface area contributed by atoms with Crippen LogP contribution < -0.4 is 11.7 Å². The zero-order valence-corrected chi connectivity index (χ0v) is 35.3. The fourth-order valence-electron chi connectivity index (χ4n) is 8.52. The Labute approximate surface area is 362 Å². The Morgan fingerprint density at radius 1 is 0.594 bits per heavy atom. The molecule has 0 fully saturated rings. The molecule has 0 heterocycles. The second-order valence-corrected chi connectivity index (χ2v) is 18.3. The van der Waals surface area contributed by atoms with E-state index in [9.17, 15) is 61.9 Å². The van der Waals surface area contributed by atoms with E-state index in [-0.39, 0.29) is 46.2 Å². The molecule has 2 amide bonds. The second kappa shape index (κ2) is 17.1. The fourth-order valence-corrected chi connectivity index (χ4v) is 11.0. The highest BCUT2D eigenvalue weighted by atomic mass is 32.2. The van der Waals surface area contributed by atoms with Crippen LogP contribution in [0.15, 0.2) is 105 Å². The van der Waals surface area contributed by atoms with Crippen molar-refractivity contribution in [3.05, 3.63) is 129 Å². The maximum atomic E-state index is 13.8. The molecule has 6 rings (SSSR count). The summed E-state index contributed by atoms with van der Waals surface area (Å²) in [5.41, 5.74) is -1.70. The quantitative estimate of drug-likeness (QED) is 0.0598. The number of aliphatic imine (C=N–C) groups is 2. The number of amides is 2. The van der Waals surface area contributed by atoms with Gasteiger partial charge in [-0.3, -0.25) is 18.7 Å². The third-order valence-corrected chi connectivity index (χ3v) is 14.1. The van der Waals surface area contributed by atoms with Crippen molar-refractivity contribution in [3.8, 4) is 11.1 Å². The number of hydrogen-bond donors (Lipinski definition) is 4. The highest BCUT2D eigenvalue weighted by molar-refractivity contribution is 7.87. The van der Waals surface area contributed by atoms with Crippen LogP contribution in [0.1, 0.15) is 84.0 Å². The van der Waals surface area contributed by atoms with E-state index in [1.54, 1.807) is 26.0 Å². The van der Waals surface area contributed by atoms with Crippen molar-refractivity contribution in [2.45, 2.75) is 74.2 Å². The third kappa shape index (κ3) is 8.14. The molecule has 2 atom stereocenters. The van der Waals surface area contributed by atoms with Crippen LogP contribution in [0.25, 0.3) is 11.1 Å². The number of fused-ring (bicyclic) bond motifs is 2. The average Bonchev–Trinajstić information content (AvgIpc) is 3.22. The van der Waals surface area contributed by atoms with Crippen molar-refractivity contribution >= 4 is 54.9 Å². The number of hydrogen-bond acceptors (Lipinski definition) is 10. The van der Waals surface area contributed by atoms with Crippen LogP contribution in [0.2, 0.25) is 0 Å². The van der Waals surface area contributed by atoms with Crippen molar-refractivity contribution < 1.29 is 61.9 Å². The summed E-state index contributed by atoms with van der Waals surface area (Å²) in [6.45, 7) is 3.56. The summed E-state index contributed by atoms with van der Waals surface area (Å²) in [7, 11) is -10.6. The molecule has 22 heteroatoms. The minimum atomic E-state index is -5.40. The molecule has 0 saturated heterocycles. The van der Waals surface area contributed by atoms with Gasteiger partial charge in [0.1, 0.15) is 0 Å². The van der Waals surface area contributed by atoms with E-state index in [1.807, 2.05) is 0 Å². The molecule has 0 spiro atoms. The number of carbonyl (C=O) groups is 2. The number of benzene rings is 4. The molecule has 0 aromatic heterocycles. The van der Waals surface area contributed by atoms with E-state index in [4.69, 9.17) is 11.7 Å². The summed E-state index contributed by atoms with van der Waals surface area (Å²) >= 11 is 0. The maximum absolute atomic E-state index is 13.8. The van der Waals surface area contributed by atoms with E-state index >= 15 is 0 Å². The van der Waals surface area contributed by atoms with Crippen molar-refractivity contribution in [2.24, 2.45) is 31.9 Å². The van der Waals surface area contributed by atoms with Crippen molar-refractivity contribution in [1.82, 2.24) is 0 Å². The van der Waals surface area contributed by atoms with E-state index in [0.717, 1.165) is 0 Å². The standard InChI is InChI=1S/C42H38F6N6O8S2/c1-3-9-25-19-23(15-17-29(25)39(63(57,58)59)21-33(53-49)35(51-37(55)41(43,44)45)27-11-5-7-13-31(27)39)24-16-18-30(26(20-24)10-4-2)40(64(60,61)62)22-34(54-50)36(52-38(56)42(46,47)48)28-12-6-8-14-32(28)40/h5-8,11-20H,3-4,9-10,21-22,49-50H2,1-2H3,(H,57,58,59)(H,60,61,62)/b51-35?,52-36?,53-33-,54-34+. The lowest BCUT2D eigenvalue weighted by molar-refractivity contribution is -0.169. The van der Waals surface area contributed by atoms with Crippen molar-refractivity contribution in [1.29, 1.82) is 0 Å². The first-order valence-electron chi connectivity index (χ1n) is 19.3. The number of hydrazone groups is 2. The minimum absolute atomic E-state index is 0.0000124. The zero-order chi connectivity index (χ0) is 47.2. The summed E-state index contributed by atoms with van der Waals surface area (Å²) in [6, 6.07) is 19.5. The Bertz CT molecular complexity index is 2740. The molecule has 14 nitrogen and oxygen atoms in total. The van der Waals surface area contributed by atoms with Gasteiger partial charge in [-0.15, -0.1) is 0 Å². The van der Waals surface area contributed by atoms with Gasteiger partial charge in [-0.1, -0.05) is 112 Å². The maximum Gasteiger partial charge on any atom is 0.473 e. The molecule has 0 saturated carbocycles. The van der Waals surface area contributed by atoms with Gasteiger partial charge < -0.3 is 11.7 Å². The molecule has 4 aromatic carbocycles. The van der Waals surface area contributed by atoms with Crippen LogP contribution in [-0.4, -0.2) is 73.0 Å². The number of alkyl halides is 6. The zero-order valence-electron chi connectivity index (χ0n) is 33.7. The average molecular weight is 933 g/mol. The highest BCUT2D eigenvalue weighted by Gasteiger charge is 2.56. The Morgan fingerprint density at radius 3 is 1.23 bits per heavy atom. The van der Waals surface area contributed by atoms with E-state index in [2.05, 4.69) is 20.2 Å². The molecule has 0 radical (unpaired) electrons. The number of nitrogens with two attached hydrogens (primary N) is 2. The van der Waals surface area contributed by atoms with Gasteiger partial charge in [-0.05, 0) is 57.3 Å². The van der Waals surface area contributed by atoms with Gasteiger partial charge in [0, 0.05) is 24.0 Å². The summed E-state index contributed by atoms with van der Waals surface area (Å²) in [5.74, 6) is 6.22. The Hall–Kier alpha value is -6.10. The normalized spacial score (nSPS) is 21.8. The lowest BCUT2D eigenvalue weighted by Gasteiger charge is -2.39. The van der Waals surface area contributed by atoms with Crippen LogP contribution in [-0.2, 0) is 52.2 Å². The van der Waals surface area contributed by atoms with Gasteiger partial charge in [-0.25, -0.2) is 9.98 Å². The summed E-state index contributed by atoms with van der Waals surface area (Å²) in [4.78, 5) is 30.6. The number of nitrogens with zero attached hydrogens (tertiary/aromatic N) is 4. The number of halogens is 6. The van der Waals surface area contributed by atoms with Crippen LogP contribution in [0.5, 0.6) is 0 Å². The van der Waals surface area contributed by atoms with Crippen molar-refractivity contribution in [2.75, 3.05) is 0 Å². The molecular weight excluding hydrogens is 895 g/mol. The molecule has 4 aromatic rings. The predicted octanol–water partition coefficient (Wildman–Crippen LogP) is 6.71. The lowest BCUT2D eigenvalue weighted by Crippen LogP contribution is -2.47. The Kier molecular flexibility index (Phi) is 12.7. The number of rotatable bonds is 9. The molecule has 64 heavy (non-hydrogen) atoms. The lowest BCUT2D eigenvalue weighted by atomic mass is 9.73. The van der Waals surface area contributed by atoms with Gasteiger partial charge in [-0.2, -0.15) is 53.4 Å². The van der Waals surface area contributed by atoms with Crippen LogP contribution >= 0.6 is 0 Å². The largest absolute Gasteiger partial charge is 0.473 e. The molecule has 338 valence electrons. The number of aryl methyl sites for hydroxylation is 2. The molecule has 6 N–H and O–H groups in total. The Morgan fingerprint density at radius 2 is 0.938 bits per heavy atom. The molecule has 2 unspecified atom stereocenters. The first-order chi connectivity index (χ1) is 29.9. The first-order valence-corrected chi connectivity index (χ1v) is 22.1. The summed E-state index contributed by atoms with van der Waals surface area (Å²) in [5, 5.41) is 7.07. The summed E-state index contributed by atoms with van der Waals surface area (Å²) in [6.07, 6.45) is -11.3. The van der Waals surface area contributed by atoms with Crippen LogP contribution in [0, 0.1) is 0 Å². The molecule has 0 bridgehead atoms. The minimum Gasteiger partial charge on any atom is -0.323 e. The number of carbonyl (C=O) groups excluding carboxylic acids is 2. The van der Waals surface area contributed by atoms with Gasteiger partial charge >= 0.3 is 24.2 Å². The monoisotopic (exact) mass is 932 g/mol. The van der Waals surface area contributed by atoms with Gasteiger partial charge in [0.15, 0.2) is 9.49 Å². The molecule has 2 aliphatic carbocycles. The highest BCUT2D eigenvalue weighted by Crippen LogP contribution is 2.50. The topological polar surface area (TPSA) is 244 Å². The predicted molar refractivity (Wildman–Crippen MR) is 225 cm³/mol. The van der Waals surface area contributed by atoms with E-state index in [1.165, 1.54) is 72.8 Å². The van der Waals surface area contributed by atoms with Crippen LogP contribution in [0.4, 0.5) is 26.3 Å². The fraction of sp³-hybridized carbons (Fsp3) is 0.286. The van der Waals surface area contributed by atoms with E-state index in [0.29, 0.717) is 35.1 Å². The smallest absolute Gasteiger partial charge is 0.323 e. The SMILES string of the molecule is CCCc1cc(-c2ccc(C3(S(=O)(=O)O)C/C(=N\N)C(=NC(=O)C(F)(F)F)c4ccccc43)c(CCC)c2)ccc1C1(S(=O)(=O)O)C/C(=N/N)C(=NC(=O)C(F)(F)F)c2ccccc21. The van der Waals surface area contributed by atoms with Crippen molar-refractivity contribution in [3.63, 3.8) is 0 Å². The van der Waals surface area contributed by atoms with Gasteiger partial charge in [0.2, 0.25) is 0 Å². The summed E-state index contributed by atoms with van der Waals surface area (Å²) < 4.78 is 153.